The van der Waals surface area contributed by atoms with Gasteiger partial charge in [0.05, 0.1) is 21.3 Å². The monoisotopic (exact) mass is 360 g/mol. The molecule has 0 aliphatic carbocycles. The molecule has 6 heteroatoms. The molecule has 1 unspecified atom stereocenters. The molecule has 0 aliphatic heterocycles. The molecule has 0 spiro atoms. The minimum Gasteiger partial charge on any atom is -0.493 e. The van der Waals surface area contributed by atoms with E-state index in [1.54, 1.807) is 37.3 Å². The summed E-state index contributed by atoms with van der Waals surface area (Å²) in [5.74, 6) is 0.587. The van der Waals surface area contributed by atoms with Gasteiger partial charge in [-0.1, -0.05) is 12.1 Å². The van der Waals surface area contributed by atoms with Crippen LogP contribution in [0.2, 0.25) is 0 Å². The summed E-state index contributed by atoms with van der Waals surface area (Å²) in [5, 5.41) is 0. The molecule has 0 aliphatic rings. The zero-order valence-corrected chi connectivity index (χ0v) is 15.1. The third-order valence-corrected chi connectivity index (χ3v) is 3.73. The Balaban J connectivity index is 2.11. The van der Waals surface area contributed by atoms with E-state index in [9.17, 15) is 9.18 Å². The van der Waals surface area contributed by atoms with Crippen molar-refractivity contribution >= 4 is 12.0 Å². The van der Waals surface area contributed by atoms with E-state index in [0.717, 1.165) is 0 Å². The molecule has 2 aromatic carbocycles. The van der Waals surface area contributed by atoms with E-state index >= 15 is 0 Å². The maximum atomic E-state index is 13.0. The summed E-state index contributed by atoms with van der Waals surface area (Å²) in [5.41, 5.74) is 1.40. The van der Waals surface area contributed by atoms with Crippen molar-refractivity contribution < 1.29 is 28.1 Å². The molecule has 0 amide bonds. The van der Waals surface area contributed by atoms with Gasteiger partial charge in [0.25, 0.3) is 0 Å². The predicted molar refractivity (Wildman–Crippen MR) is 96.0 cm³/mol. The second-order valence-corrected chi connectivity index (χ2v) is 5.42. The van der Waals surface area contributed by atoms with Crippen LogP contribution in [0.1, 0.15) is 24.2 Å². The lowest BCUT2D eigenvalue weighted by molar-refractivity contribution is -0.142. The zero-order valence-electron chi connectivity index (χ0n) is 15.1. The maximum absolute atomic E-state index is 13.0. The molecule has 0 N–H and O–H groups in total. The number of rotatable bonds is 7. The molecule has 1 atom stereocenters. The quantitative estimate of drug-likeness (QED) is 0.548. The molecule has 0 bridgehead atoms. The molecule has 2 aromatic rings. The van der Waals surface area contributed by atoms with Crippen molar-refractivity contribution in [1.29, 1.82) is 0 Å². The van der Waals surface area contributed by atoms with E-state index in [-0.39, 0.29) is 5.82 Å². The van der Waals surface area contributed by atoms with Crippen LogP contribution in [0.4, 0.5) is 4.39 Å². The normalized spacial score (nSPS) is 11.9. The Morgan fingerprint density at radius 2 is 1.58 bits per heavy atom. The molecule has 2 rings (SSSR count). The lowest BCUT2D eigenvalue weighted by atomic mass is 10.1. The van der Waals surface area contributed by atoms with Gasteiger partial charge < -0.3 is 18.9 Å². The Hall–Kier alpha value is -3.02. The number of benzene rings is 2. The number of hydrogen-bond donors (Lipinski definition) is 0. The van der Waals surface area contributed by atoms with E-state index in [0.29, 0.717) is 28.4 Å². The van der Waals surface area contributed by atoms with Gasteiger partial charge in [0.1, 0.15) is 11.9 Å². The number of esters is 1. The van der Waals surface area contributed by atoms with Gasteiger partial charge in [0.2, 0.25) is 5.75 Å². The molecule has 0 aromatic heterocycles. The van der Waals surface area contributed by atoms with Crippen LogP contribution >= 0.6 is 0 Å². The van der Waals surface area contributed by atoms with Crippen molar-refractivity contribution in [3.63, 3.8) is 0 Å². The third-order valence-electron chi connectivity index (χ3n) is 3.73. The van der Waals surface area contributed by atoms with Gasteiger partial charge in [-0.15, -0.1) is 0 Å². The summed E-state index contributed by atoms with van der Waals surface area (Å²) in [6.45, 7) is 1.72. The first-order valence-corrected chi connectivity index (χ1v) is 7.92. The van der Waals surface area contributed by atoms with Crippen LogP contribution in [0, 0.1) is 5.82 Å². The lowest BCUT2D eigenvalue weighted by Crippen LogP contribution is -2.06. The van der Waals surface area contributed by atoms with Crippen molar-refractivity contribution in [3.05, 3.63) is 59.4 Å². The molecule has 0 radical (unpaired) electrons. The number of carbonyl (C=O) groups is 1. The summed E-state index contributed by atoms with van der Waals surface area (Å²) < 4.78 is 34.1. The fourth-order valence-corrected chi connectivity index (χ4v) is 2.38. The molecular formula is C20H21FO5. The third kappa shape index (κ3) is 4.75. The van der Waals surface area contributed by atoms with E-state index in [1.807, 2.05) is 0 Å². The van der Waals surface area contributed by atoms with Gasteiger partial charge in [-0.05, 0) is 48.4 Å². The minimum absolute atomic E-state index is 0.338. The van der Waals surface area contributed by atoms with Gasteiger partial charge >= 0.3 is 5.97 Å². The highest BCUT2D eigenvalue weighted by atomic mass is 19.1. The van der Waals surface area contributed by atoms with E-state index in [2.05, 4.69) is 0 Å². The summed E-state index contributed by atoms with van der Waals surface area (Å²) >= 11 is 0. The maximum Gasteiger partial charge on any atom is 0.331 e. The van der Waals surface area contributed by atoms with Crippen LogP contribution in [0.3, 0.4) is 0 Å². The highest BCUT2D eigenvalue weighted by Gasteiger charge is 2.13. The van der Waals surface area contributed by atoms with Crippen molar-refractivity contribution in [2.45, 2.75) is 13.0 Å². The second-order valence-electron chi connectivity index (χ2n) is 5.42. The fraction of sp³-hybridized carbons (Fsp3) is 0.250. The van der Waals surface area contributed by atoms with Crippen LogP contribution in [-0.4, -0.2) is 27.3 Å². The van der Waals surface area contributed by atoms with Gasteiger partial charge in [0.15, 0.2) is 11.5 Å². The minimum atomic E-state index is -0.518. The van der Waals surface area contributed by atoms with Crippen LogP contribution in [-0.2, 0) is 9.53 Å². The average molecular weight is 360 g/mol. The van der Waals surface area contributed by atoms with Crippen LogP contribution in [0.5, 0.6) is 17.2 Å². The van der Waals surface area contributed by atoms with E-state index in [1.165, 1.54) is 39.5 Å². The topological polar surface area (TPSA) is 54.0 Å². The Morgan fingerprint density at radius 3 is 2.08 bits per heavy atom. The van der Waals surface area contributed by atoms with Crippen LogP contribution in [0.15, 0.2) is 42.5 Å². The Bertz CT molecular complexity index is 758. The SMILES string of the molecule is COc1cc(/C=C/C(=O)OC(C)c2ccc(F)cc2)cc(OC)c1OC. The van der Waals surface area contributed by atoms with Crippen molar-refractivity contribution in [3.8, 4) is 17.2 Å². The Kier molecular flexibility index (Phi) is 6.60. The van der Waals surface area contributed by atoms with Gasteiger partial charge in [-0.2, -0.15) is 0 Å². The summed E-state index contributed by atoms with van der Waals surface area (Å²) in [4.78, 5) is 12.0. The predicted octanol–water partition coefficient (Wildman–Crippen LogP) is 4.17. The first kappa shape index (κ1) is 19.3. The fourth-order valence-electron chi connectivity index (χ4n) is 2.38. The summed E-state index contributed by atoms with van der Waals surface area (Å²) in [7, 11) is 4.55. The van der Waals surface area contributed by atoms with Crippen LogP contribution in [0.25, 0.3) is 6.08 Å². The molecule has 0 heterocycles. The Morgan fingerprint density at radius 1 is 1.00 bits per heavy atom. The standard InChI is InChI=1S/C20H21FO5/c1-13(15-6-8-16(21)9-7-15)26-19(22)10-5-14-11-17(23-2)20(25-4)18(12-14)24-3/h5-13H,1-4H3/b10-5+. The number of methoxy groups -OCH3 is 3. The first-order valence-electron chi connectivity index (χ1n) is 7.92. The van der Waals surface area contributed by atoms with E-state index < -0.39 is 12.1 Å². The number of hydrogen-bond acceptors (Lipinski definition) is 5. The zero-order chi connectivity index (χ0) is 19.1. The summed E-state index contributed by atoms with van der Waals surface area (Å²) in [6.07, 6.45) is 2.40. The van der Waals surface area contributed by atoms with Crippen molar-refractivity contribution in [2.24, 2.45) is 0 Å². The van der Waals surface area contributed by atoms with Crippen molar-refractivity contribution in [2.75, 3.05) is 21.3 Å². The smallest absolute Gasteiger partial charge is 0.331 e. The first-order chi connectivity index (χ1) is 12.5. The van der Waals surface area contributed by atoms with Crippen molar-refractivity contribution in [1.82, 2.24) is 0 Å². The van der Waals surface area contributed by atoms with Gasteiger partial charge in [0, 0.05) is 6.08 Å². The molecule has 0 saturated heterocycles. The molecule has 0 fully saturated rings. The van der Waals surface area contributed by atoms with E-state index in [4.69, 9.17) is 18.9 Å². The molecule has 5 nitrogen and oxygen atoms in total. The molecule has 0 saturated carbocycles. The number of carbonyl (C=O) groups excluding carboxylic acids is 1. The molecular weight excluding hydrogens is 339 g/mol. The largest absolute Gasteiger partial charge is 0.493 e. The average Bonchev–Trinajstić information content (AvgIpc) is 2.65. The highest BCUT2D eigenvalue weighted by molar-refractivity contribution is 5.87. The Labute approximate surface area is 151 Å². The van der Waals surface area contributed by atoms with Crippen LogP contribution < -0.4 is 14.2 Å². The lowest BCUT2D eigenvalue weighted by Gasteiger charge is -2.13. The number of ether oxygens (including phenoxy) is 4. The van der Waals surface area contributed by atoms with Gasteiger partial charge in [-0.25, -0.2) is 9.18 Å². The highest BCUT2D eigenvalue weighted by Crippen LogP contribution is 2.38. The second kappa shape index (κ2) is 8.89. The van der Waals surface area contributed by atoms with Gasteiger partial charge in [-0.3, -0.25) is 0 Å². The molecule has 138 valence electrons. The number of halogens is 1. The molecule has 26 heavy (non-hydrogen) atoms. The summed E-state index contributed by atoms with van der Waals surface area (Å²) in [6, 6.07) is 9.24.